The molecule has 94 valence electrons. The van der Waals surface area contributed by atoms with E-state index in [4.69, 9.17) is 0 Å². The fraction of sp³-hybridized carbons (Fsp3) is 0.455. The average molecular weight is 275 g/mol. The predicted molar refractivity (Wildman–Crippen MR) is 67.6 cm³/mol. The summed E-state index contributed by atoms with van der Waals surface area (Å²) < 4.78 is 39.1. The van der Waals surface area contributed by atoms with E-state index in [2.05, 4.69) is 0 Å². The van der Waals surface area contributed by atoms with Gasteiger partial charge in [-0.05, 0) is 13.0 Å². The van der Waals surface area contributed by atoms with Crippen molar-refractivity contribution in [3.05, 3.63) is 35.6 Å². The van der Waals surface area contributed by atoms with E-state index in [-0.39, 0.29) is 16.7 Å². The molecule has 0 saturated carbocycles. The summed E-state index contributed by atoms with van der Waals surface area (Å²) in [6.45, 7) is 2.37. The highest BCUT2D eigenvalue weighted by molar-refractivity contribution is 8.01. The van der Waals surface area contributed by atoms with Gasteiger partial charge in [-0.15, -0.1) is 11.8 Å². The second-order valence-corrected chi connectivity index (χ2v) is 7.27. The molecule has 1 aromatic rings. The zero-order valence-electron chi connectivity index (χ0n) is 9.47. The van der Waals surface area contributed by atoms with Crippen LogP contribution in [0.1, 0.15) is 12.5 Å². The number of halogens is 1. The Morgan fingerprint density at radius 2 is 2.18 bits per heavy atom. The van der Waals surface area contributed by atoms with Crippen molar-refractivity contribution in [1.29, 1.82) is 0 Å². The zero-order chi connectivity index (χ0) is 12.5. The quantitative estimate of drug-likeness (QED) is 0.847. The van der Waals surface area contributed by atoms with Crippen molar-refractivity contribution in [3.63, 3.8) is 0 Å². The molecule has 1 fully saturated rings. The van der Waals surface area contributed by atoms with Gasteiger partial charge in [-0.1, -0.05) is 18.2 Å². The maximum absolute atomic E-state index is 13.4. The van der Waals surface area contributed by atoms with E-state index >= 15 is 0 Å². The third kappa shape index (κ3) is 2.81. The molecule has 1 atom stereocenters. The number of sulfonamides is 1. The van der Waals surface area contributed by atoms with E-state index in [1.165, 1.54) is 16.4 Å². The summed E-state index contributed by atoms with van der Waals surface area (Å²) in [6, 6.07) is 6.00. The number of hydrogen-bond acceptors (Lipinski definition) is 3. The van der Waals surface area contributed by atoms with E-state index < -0.39 is 15.8 Å². The van der Waals surface area contributed by atoms with Crippen LogP contribution < -0.4 is 0 Å². The number of rotatable bonds is 3. The van der Waals surface area contributed by atoms with Crippen LogP contribution in [0.25, 0.3) is 0 Å². The maximum Gasteiger partial charge on any atom is 0.219 e. The molecule has 0 bridgehead atoms. The standard InChI is InChI=1S/C11H14FNO2S2/c1-9-13(6-7-16-9)17(14,15)8-10-4-2-3-5-11(10)12/h2-5,9H,6-8H2,1H3. The van der Waals surface area contributed by atoms with Crippen LogP contribution in [0.5, 0.6) is 0 Å². The molecule has 0 aromatic heterocycles. The first-order chi connectivity index (χ1) is 8.00. The maximum atomic E-state index is 13.4. The first kappa shape index (κ1) is 12.9. The largest absolute Gasteiger partial charge is 0.219 e. The fourth-order valence-electron chi connectivity index (χ4n) is 1.84. The van der Waals surface area contributed by atoms with Crippen LogP contribution in [-0.2, 0) is 15.8 Å². The summed E-state index contributed by atoms with van der Waals surface area (Å²) in [4.78, 5) is 0. The Hall–Kier alpha value is -0.590. The lowest BCUT2D eigenvalue weighted by Gasteiger charge is -2.20. The van der Waals surface area contributed by atoms with Gasteiger partial charge in [0, 0.05) is 17.9 Å². The van der Waals surface area contributed by atoms with Crippen LogP contribution in [0.4, 0.5) is 4.39 Å². The van der Waals surface area contributed by atoms with E-state index in [0.29, 0.717) is 6.54 Å². The van der Waals surface area contributed by atoms with Gasteiger partial charge in [-0.25, -0.2) is 12.8 Å². The summed E-state index contributed by atoms with van der Waals surface area (Å²) in [5, 5.41) is -0.0493. The summed E-state index contributed by atoms with van der Waals surface area (Å²) in [6.07, 6.45) is 0. The van der Waals surface area contributed by atoms with Gasteiger partial charge in [0.05, 0.1) is 11.1 Å². The third-order valence-corrected chi connectivity index (χ3v) is 5.91. The van der Waals surface area contributed by atoms with Crippen molar-refractivity contribution in [2.75, 3.05) is 12.3 Å². The van der Waals surface area contributed by atoms with Crippen LogP contribution in [-0.4, -0.2) is 30.4 Å². The Morgan fingerprint density at radius 1 is 1.47 bits per heavy atom. The second-order valence-electron chi connectivity index (χ2n) is 3.93. The summed E-state index contributed by atoms with van der Waals surface area (Å²) in [5.41, 5.74) is 0.233. The van der Waals surface area contributed by atoms with Crippen molar-refractivity contribution < 1.29 is 12.8 Å². The lowest BCUT2D eigenvalue weighted by molar-refractivity contribution is 0.440. The Labute approximate surface area is 105 Å². The lowest BCUT2D eigenvalue weighted by atomic mass is 10.2. The molecule has 6 heteroatoms. The minimum absolute atomic E-state index is 0.0493. The van der Waals surface area contributed by atoms with Gasteiger partial charge >= 0.3 is 0 Å². The molecule has 0 amide bonds. The molecule has 17 heavy (non-hydrogen) atoms. The number of benzene rings is 1. The highest BCUT2D eigenvalue weighted by atomic mass is 32.2. The monoisotopic (exact) mass is 275 g/mol. The van der Waals surface area contributed by atoms with Gasteiger partial charge in [-0.2, -0.15) is 4.31 Å². The molecule has 0 spiro atoms. The molecule has 1 aliphatic heterocycles. The molecule has 1 aliphatic rings. The second kappa shape index (κ2) is 4.96. The smallest absolute Gasteiger partial charge is 0.212 e. The Kier molecular flexibility index (Phi) is 3.75. The average Bonchev–Trinajstić information content (AvgIpc) is 2.68. The Morgan fingerprint density at radius 3 is 2.76 bits per heavy atom. The lowest BCUT2D eigenvalue weighted by Crippen LogP contribution is -2.34. The summed E-state index contributed by atoms with van der Waals surface area (Å²) in [5.74, 6) is 0.0815. The van der Waals surface area contributed by atoms with Crippen molar-refractivity contribution in [3.8, 4) is 0 Å². The van der Waals surface area contributed by atoms with E-state index in [9.17, 15) is 12.8 Å². The predicted octanol–water partition coefficient (Wildman–Crippen LogP) is 2.05. The van der Waals surface area contributed by atoms with Gasteiger partial charge in [0.15, 0.2) is 0 Å². The molecule has 2 rings (SSSR count). The molecule has 0 N–H and O–H groups in total. The molecule has 1 heterocycles. The molecular weight excluding hydrogens is 261 g/mol. The van der Waals surface area contributed by atoms with E-state index in [1.54, 1.807) is 23.9 Å². The number of thioether (sulfide) groups is 1. The fourth-order valence-corrected chi connectivity index (χ4v) is 5.06. The van der Waals surface area contributed by atoms with Crippen LogP contribution in [0.3, 0.4) is 0 Å². The minimum Gasteiger partial charge on any atom is -0.212 e. The van der Waals surface area contributed by atoms with E-state index in [0.717, 1.165) is 5.75 Å². The molecule has 0 radical (unpaired) electrons. The van der Waals surface area contributed by atoms with Gasteiger partial charge in [0.25, 0.3) is 0 Å². The highest BCUT2D eigenvalue weighted by Gasteiger charge is 2.32. The third-order valence-electron chi connectivity index (χ3n) is 2.73. The van der Waals surface area contributed by atoms with Crippen LogP contribution in [0, 0.1) is 5.82 Å². The topological polar surface area (TPSA) is 37.4 Å². The minimum atomic E-state index is -3.41. The Bertz CT molecular complexity index is 504. The molecular formula is C11H14FNO2S2. The first-order valence-corrected chi connectivity index (χ1v) is 8.01. The zero-order valence-corrected chi connectivity index (χ0v) is 11.1. The molecule has 1 aromatic carbocycles. The van der Waals surface area contributed by atoms with Crippen molar-refractivity contribution >= 4 is 21.8 Å². The van der Waals surface area contributed by atoms with Crippen molar-refractivity contribution in [2.45, 2.75) is 18.1 Å². The first-order valence-electron chi connectivity index (χ1n) is 5.35. The number of nitrogens with zero attached hydrogens (tertiary/aromatic N) is 1. The van der Waals surface area contributed by atoms with Gasteiger partial charge in [0.2, 0.25) is 10.0 Å². The molecule has 1 saturated heterocycles. The van der Waals surface area contributed by atoms with Gasteiger partial charge in [-0.3, -0.25) is 0 Å². The molecule has 1 unspecified atom stereocenters. The summed E-state index contributed by atoms with van der Waals surface area (Å²) >= 11 is 1.60. The van der Waals surface area contributed by atoms with Crippen LogP contribution >= 0.6 is 11.8 Å². The molecule has 0 aliphatic carbocycles. The number of hydrogen-bond donors (Lipinski definition) is 0. The van der Waals surface area contributed by atoms with Gasteiger partial charge < -0.3 is 0 Å². The highest BCUT2D eigenvalue weighted by Crippen LogP contribution is 2.27. The SMILES string of the molecule is CC1SCCN1S(=O)(=O)Cc1ccccc1F. The van der Waals surface area contributed by atoms with E-state index in [1.807, 2.05) is 6.92 Å². The van der Waals surface area contributed by atoms with Crippen LogP contribution in [0.2, 0.25) is 0 Å². The summed E-state index contributed by atoms with van der Waals surface area (Å²) in [7, 11) is -3.41. The normalized spacial score (nSPS) is 21.9. The molecule has 3 nitrogen and oxygen atoms in total. The Balaban J connectivity index is 2.21. The van der Waals surface area contributed by atoms with Crippen LogP contribution in [0.15, 0.2) is 24.3 Å². The van der Waals surface area contributed by atoms with Gasteiger partial charge in [0.1, 0.15) is 5.82 Å². The van der Waals surface area contributed by atoms with Crippen molar-refractivity contribution in [1.82, 2.24) is 4.31 Å². The van der Waals surface area contributed by atoms with Crippen molar-refractivity contribution in [2.24, 2.45) is 0 Å².